The average molecular weight is 225 g/mol. The summed E-state index contributed by atoms with van der Waals surface area (Å²) in [6.45, 7) is 0.661. The van der Waals surface area contributed by atoms with Crippen LogP contribution in [0, 0.1) is 11.2 Å². The van der Waals surface area contributed by atoms with E-state index in [9.17, 15) is 4.39 Å². The van der Waals surface area contributed by atoms with Gasteiger partial charge in [0.1, 0.15) is 5.82 Å². The second-order valence-corrected chi connectivity index (χ2v) is 5.38. The van der Waals surface area contributed by atoms with E-state index in [4.69, 9.17) is 5.73 Å². The predicted molar refractivity (Wildman–Crippen MR) is 63.5 cm³/mol. The van der Waals surface area contributed by atoms with E-state index < -0.39 is 0 Å². The number of rotatable bonds is 3. The fourth-order valence-corrected chi connectivity index (χ4v) is 3.59. The Bertz CT molecular complexity index is 334. The largest absolute Gasteiger partial charge is 0.330 e. The lowest BCUT2D eigenvalue weighted by molar-refractivity contribution is 0.340. The summed E-state index contributed by atoms with van der Waals surface area (Å²) in [5, 5.41) is 0. The molecule has 15 heavy (non-hydrogen) atoms. The zero-order chi connectivity index (χ0) is 10.7. The third-order valence-electron chi connectivity index (χ3n) is 3.14. The van der Waals surface area contributed by atoms with E-state index in [0.717, 1.165) is 29.9 Å². The van der Waals surface area contributed by atoms with Crippen LogP contribution in [-0.2, 0) is 6.42 Å². The topological polar surface area (TPSA) is 26.0 Å². The van der Waals surface area contributed by atoms with Crippen molar-refractivity contribution in [2.45, 2.75) is 12.8 Å². The zero-order valence-corrected chi connectivity index (χ0v) is 9.52. The molecule has 0 amide bonds. The highest BCUT2D eigenvalue weighted by molar-refractivity contribution is 7.99. The van der Waals surface area contributed by atoms with Crippen molar-refractivity contribution in [1.29, 1.82) is 0 Å². The third-order valence-corrected chi connectivity index (χ3v) is 4.45. The maximum atomic E-state index is 13.5. The molecule has 1 aliphatic rings. The molecule has 1 aliphatic heterocycles. The molecule has 82 valence electrons. The fourth-order valence-electron chi connectivity index (χ4n) is 2.07. The summed E-state index contributed by atoms with van der Waals surface area (Å²) >= 11 is 1.93. The molecule has 0 radical (unpaired) electrons. The van der Waals surface area contributed by atoms with Crippen LogP contribution in [0.15, 0.2) is 24.3 Å². The molecule has 1 aromatic rings. The van der Waals surface area contributed by atoms with Gasteiger partial charge in [-0.15, -0.1) is 0 Å². The van der Waals surface area contributed by atoms with Crippen molar-refractivity contribution in [3.05, 3.63) is 35.6 Å². The summed E-state index contributed by atoms with van der Waals surface area (Å²) in [7, 11) is 0. The van der Waals surface area contributed by atoms with Gasteiger partial charge in [-0.25, -0.2) is 4.39 Å². The molecule has 1 heterocycles. The fraction of sp³-hybridized carbons (Fsp3) is 0.500. The van der Waals surface area contributed by atoms with Gasteiger partial charge in [0.2, 0.25) is 0 Å². The Labute approximate surface area is 94.2 Å². The van der Waals surface area contributed by atoms with Gasteiger partial charge in [0.05, 0.1) is 0 Å². The zero-order valence-electron chi connectivity index (χ0n) is 8.71. The van der Waals surface area contributed by atoms with Crippen LogP contribution in [0.2, 0.25) is 0 Å². The SMILES string of the molecule is NCC1(Cc2ccccc2F)CCSC1. The molecule has 0 saturated carbocycles. The monoisotopic (exact) mass is 225 g/mol. The van der Waals surface area contributed by atoms with Crippen molar-refractivity contribution in [3.63, 3.8) is 0 Å². The maximum absolute atomic E-state index is 13.5. The molecule has 1 aromatic carbocycles. The lowest BCUT2D eigenvalue weighted by atomic mass is 9.81. The van der Waals surface area contributed by atoms with Gasteiger partial charge < -0.3 is 5.73 Å². The first kappa shape index (κ1) is 11.0. The molecular formula is C12H16FNS. The molecule has 1 unspecified atom stereocenters. The van der Waals surface area contributed by atoms with Gasteiger partial charge in [-0.05, 0) is 42.2 Å². The van der Waals surface area contributed by atoms with E-state index >= 15 is 0 Å². The standard InChI is InChI=1S/C12H16FNS/c13-11-4-2-1-3-10(11)7-12(8-14)5-6-15-9-12/h1-4H,5-9,14H2. The lowest BCUT2D eigenvalue weighted by Gasteiger charge is -2.26. The molecule has 0 aliphatic carbocycles. The van der Waals surface area contributed by atoms with E-state index in [0.29, 0.717) is 6.54 Å². The van der Waals surface area contributed by atoms with Crippen LogP contribution < -0.4 is 5.73 Å². The first-order valence-corrected chi connectivity index (χ1v) is 6.42. The van der Waals surface area contributed by atoms with Crippen LogP contribution >= 0.6 is 11.8 Å². The quantitative estimate of drug-likeness (QED) is 0.855. The van der Waals surface area contributed by atoms with Gasteiger partial charge in [-0.1, -0.05) is 18.2 Å². The van der Waals surface area contributed by atoms with Crippen molar-refractivity contribution in [2.75, 3.05) is 18.1 Å². The summed E-state index contributed by atoms with van der Waals surface area (Å²) in [6.07, 6.45) is 1.89. The third kappa shape index (κ3) is 2.34. The van der Waals surface area contributed by atoms with Gasteiger partial charge in [-0.2, -0.15) is 11.8 Å². The number of thioether (sulfide) groups is 1. The highest BCUT2D eigenvalue weighted by Crippen LogP contribution is 2.38. The molecule has 0 spiro atoms. The molecule has 1 nitrogen and oxygen atoms in total. The Morgan fingerprint density at radius 2 is 2.20 bits per heavy atom. The van der Waals surface area contributed by atoms with Gasteiger partial charge in [0.15, 0.2) is 0 Å². The highest BCUT2D eigenvalue weighted by Gasteiger charge is 2.33. The number of benzene rings is 1. The van der Waals surface area contributed by atoms with Gasteiger partial charge >= 0.3 is 0 Å². The Morgan fingerprint density at radius 3 is 2.80 bits per heavy atom. The molecule has 2 rings (SSSR count). The van der Waals surface area contributed by atoms with Crippen molar-refractivity contribution in [3.8, 4) is 0 Å². The van der Waals surface area contributed by atoms with Crippen molar-refractivity contribution in [2.24, 2.45) is 11.1 Å². The van der Waals surface area contributed by atoms with E-state index in [2.05, 4.69) is 0 Å². The van der Waals surface area contributed by atoms with E-state index in [1.54, 1.807) is 6.07 Å². The van der Waals surface area contributed by atoms with Crippen LogP contribution in [-0.4, -0.2) is 18.1 Å². The lowest BCUT2D eigenvalue weighted by Crippen LogP contribution is -2.32. The Balaban J connectivity index is 2.16. The minimum atomic E-state index is -0.0952. The Kier molecular flexibility index (Phi) is 3.32. The first-order valence-electron chi connectivity index (χ1n) is 5.27. The first-order chi connectivity index (χ1) is 7.26. The van der Waals surface area contributed by atoms with E-state index in [-0.39, 0.29) is 11.2 Å². The molecule has 1 fully saturated rings. The summed E-state index contributed by atoms with van der Waals surface area (Å²) in [5.74, 6) is 2.13. The Morgan fingerprint density at radius 1 is 1.40 bits per heavy atom. The second-order valence-electron chi connectivity index (χ2n) is 4.27. The molecule has 0 bridgehead atoms. The van der Waals surface area contributed by atoms with E-state index in [1.165, 1.54) is 6.07 Å². The Hall–Kier alpha value is -0.540. The maximum Gasteiger partial charge on any atom is 0.126 e. The minimum absolute atomic E-state index is 0.0952. The smallest absolute Gasteiger partial charge is 0.126 e. The molecule has 2 N–H and O–H groups in total. The summed E-state index contributed by atoms with van der Waals surface area (Å²) in [5.41, 5.74) is 6.77. The van der Waals surface area contributed by atoms with Crippen molar-refractivity contribution >= 4 is 11.8 Å². The summed E-state index contributed by atoms with van der Waals surface area (Å²) < 4.78 is 13.5. The molecule has 1 atom stereocenters. The van der Waals surface area contributed by atoms with Crippen LogP contribution in [0.4, 0.5) is 4.39 Å². The second kappa shape index (κ2) is 4.54. The van der Waals surface area contributed by atoms with Crippen LogP contribution in [0.25, 0.3) is 0 Å². The highest BCUT2D eigenvalue weighted by atomic mass is 32.2. The molecule has 3 heteroatoms. The van der Waals surface area contributed by atoms with Gasteiger partial charge in [0.25, 0.3) is 0 Å². The van der Waals surface area contributed by atoms with Gasteiger partial charge in [0, 0.05) is 5.75 Å². The average Bonchev–Trinajstić information content (AvgIpc) is 2.71. The normalized spacial score (nSPS) is 25.7. The van der Waals surface area contributed by atoms with E-state index in [1.807, 2.05) is 23.9 Å². The number of nitrogens with two attached hydrogens (primary N) is 1. The molecule has 1 saturated heterocycles. The molecule has 0 aromatic heterocycles. The minimum Gasteiger partial charge on any atom is -0.330 e. The number of hydrogen-bond donors (Lipinski definition) is 1. The number of halogens is 1. The van der Waals surface area contributed by atoms with Gasteiger partial charge in [-0.3, -0.25) is 0 Å². The number of hydrogen-bond acceptors (Lipinski definition) is 2. The van der Waals surface area contributed by atoms with Crippen LogP contribution in [0.3, 0.4) is 0 Å². The molecular weight excluding hydrogens is 209 g/mol. The van der Waals surface area contributed by atoms with Crippen molar-refractivity contribution in [1.82, 2.24) is 0 Å². The predicted octanol–water partition coefficient (Wildman–Crippen LogP) is 2.45. The van der Waals surface area contributed by atoms with Crippen molar-refractivity contribution < 1.29 is 4.39 Å². The van der Waals surface area contributed by atoms with Crippen LogP contribution in [0.5, 0.6) is 0 Å². The summed E-state index contributed by atoms with van der Waals surface area (Å²) in [4.78, 5) is 0. The summed E-state index contributed by atoms with van der Waals surface area (Å²) in [6, 6.07) is 7.03. The van der Waals surface area contributed by atoms with Crippen LogP contribution in [0.1, 0.15) is 12.0 Å².